The van der Waals surface area contributed by atoms with Crippen LogP contribution in [0.4, 0.5) is 0 Å². The van der Waals surface area contributed by atoms with Gasteiger partial charge in [-0.05, 0) is 24.3 Å². The minimum Gasteiger partial charge on any atom is -0.473 e. The molecule has 0 saturated carbocycles. The third-order valence-electron chi connectivity index (χ3n) is 2.98. The van der Waals surface area contributed by atoms with Gasteiger partial charge in [-0.25, -0.2) is 4.90 Å². The molecule has 0 N–H and O–H groups in total. The SMILES string of the molecule is O=C1c2ccccc2C(=O)N1COc1ccccc1. The molecular formula is C15H11NO3. The highest BCUT2D eigenvalue weighted by molar-refractivity contribution is 6.21. The number of benzene rings is 2. The van der Waals surface area contributed by atoms with E-state index in [1.54, 1.807) is 36.4 Å². The molecule has 0 atom stereocenters. The Kier molecular flexibility index (Phi) is 2.76. The van der Waals surface area contributed by atoms with Crippen LogP contribution in [0.1, 0.15) is 20.7 Å². The average Bonchev–Trinajstić information content (AvgIpc) is 2.71. The predicted molar refractivity (Wildman–Crippen MR) is 68.9 cm³/mol. The van der Waals surface area contributed by atoms with E-state index >= 15 is 0 Å². The largest absolute Gasteiger partial charge is 0.473 e. The molecule has 0 aromatic heterocycles. The molecule has 0 spiro atoms. The maximum atomic E-state index is 12.1. The highest BCUT2D eigenvalue weighted by atomic mass is 16.5. The summed E-state index contributed by atoms with van der Waals surface area (Å²) in [5.41, 5.74) is 0.869. The van der Waals surface area contributed by atoms with E-state index in [4.69, 9.17) is 4.74 Å². The van der Waals surface area contributed by atoms with Crippen molar-refractivity contribution in [2.24, 2.45) is 0 Å². The first-order valence-electron chi connectivity index (χ1n) is 5.90. The Morgan fingerprint density at radius 1 is 0.789 bits per heavy atom. The molecule has 2 aromatic rings. The van der Waals surface area contributed by atoms with Crippen LogP contribution < -0.4 is 4.74 Å². The van der Waals surface area contributed by atoms with Gasteiger partial charge in [0.1, 0.15) is 5.75 Å². The number of nitrogens with zero attached hydrogens (tertiary/aromatic N) is 1. The van der Waals surface area contributed by atoms with E-state index in [0.717, 1.165) is 4.90 Å². The second-order valence-corrected chi connectivity index (χ2v) is 4.17. The predicted octanol–water partition coefficient (Wildman–Crippen LogP) is 2.32. The van der Waals surface area contributed by atoms with Gasteiger partial charge in [0, 0.05) is 0 Å². The molecule has 2 aromatic carbocycles. The van der Waals surface area contributed by atoms with Crippen molar-refractivity contribution in [1.29, 1.82) is 0 Å². The van der Waals surface area contributed by atoms with Gasteiger partial charge < -0.3 is 4.74 Å². The van der Waals surface area contributed by atoms with Gasteiger partial charge in [-0.15, -0.1) is 0 Å². The zero-order chi connectivity index (χ0) is 13.2. The van der Waals surface area contributed by atoms with Gasteiger partial charge in [0.15, 0.2) is 6.73 Å². The molecule has 3 rings (SSSR count). The van der Waals surface area contributed by atoms with Gasteiger partial charge in [0.2, 0.25) is 0 Å². The van der Waals surface area contributed by atoms with Crippen LogP contribution >= 0.6 is 0 Å². The molecule has 0 bridgehead atoms. The van der Waals surface area contributed by atoms with Gasteiger partial charge in [0.25, 0.3) is 11.8 Å². The fourth-order valence-electron chi connectivity index (χ4n) is 2.01. The van der Waals surface area contributed by atoms with E-state index in [9.17, 15) is 9.59 Å². The van der Waals surface area contributed by atoms with Gasteiger partial charge in [-0.3, -0.25) is 9.59 Å². The maximum Gasteiger partial charge on any atom is 0.264 e. The first kappa shape index (κ1) is 11.5. The van der Waals surface area contributed by atoms with Crippen molar-refractivity contribution in [1.82, 2.24) is 4.90 Å². The molecule has 94 valence electrons. The van der Waals surface area contributed by atoms with Crippen LogP contribution in [0.25, 0.3) is 0 Å². The Morgan fingerprint density at radius 3 is 1.89 bits per heavy atom. The number of para-hydroxylation sites is 1. The zero-order valence-electron chi connectivity index (χ0n) is 10.1. The Hall–Kier alpha value is -2.62. The molecule has 19 heavy (non-hydrogen) atoms. The standard InChI is InChI=1S/C15H11NO3/c17-14-12-8-4-5-9-13(12)15(18)16(14)10-19-11-6-2-1-3-7-11/h1-9H,10H2. The lowest BCUT2D eigenvalue weighted by molar-refractivity contribution is 0.0522. The van der Waals surface area contributed by atoms with Crippen molar-refractivity contribution >= 4 is 11.8 Å². The van der Waals surface area contributed by atoms with Crippen molar-refractivity contribution in [3.8, 4) is 5.75 Å². The van der Waals surface area contributed by atoms with E-state index in [1.165, 1.54) is 0 Å². The number of hydrogen-bond acceptors (Lipinski definition) is 3. The molecule has 1 aliphatic rings. The lowest BCUT2D eigenvalue weighted by atomic mass is 10.1. The number of amides is 2. The van der Waals surface area contributed by atoms with Crippen molar-refractivity contribution in [2.45, 2.75) is 0 Å². The van der Waals surface area contributed by atoms with Gasteiger partial charge in [0.05, 0.1) is 11.1 Å². The van der Waals surface area contributed by atoms with Crippen molar-refractivity contribution in [3.05, 3.63) is 65.7 Å². The Balaban J connectivity index is 1.78. The molecule has 0 radical (unpaired) electrons. The van der Waals surface area contributed by atoms with E-state index in [2.05, 4.69) is 0 Å². The molecule has 2 amide bonds. The summed E-state index contributed by atoms with van der Waals surface area (Å²) < 4.78 is 5.45. The van der Waals surface area contributed by atoms with Crippen LogP contribution in [-0.2, 0) is 0 Å². The zero-order valence-corrected chi connectivity index (χ0v) is 10.1. The molecule has 4 heteroatoms. The number of fused-ring (bicyclic) bond motifs is 1. The summed E-state index contributed by atoms with van der Waals surface area (Å²) in [4.78, 5) is 25.2. The van der Waals surface area contributed by atoms with Crippen LogP contribution in [0.15, 0.2) is 54.6 Å². The van der Waals surface area contributed by atoms with Crippen LogP contribution in [0.5, 0.6) is 5.75 Å². The fourth-order valence-corrected chi connectivity index (χ4v) is 2.01. The number of imide groups is 1. The number of carbonyl (C=O) groups is 2. The van der Waals surface area contributed by atoms with Crippen LogP contribution in [-0.4, -0.2) is 23.4 Å². The number of rotatable bonds is 3. The van der Waals surface area contributed by atoms with Crippen molar-refractivity contribution in [2.75, 3.05) is 6.73 Å². The summed E-state index contributed by atoms with van der Waals surface area (Å²) in [6, 6.07) is 15.9. The smallest absolute Gasteiger partial charge is 0.264 e. The summed E-state index contributed by atoms with van der Waals surface area (Å²) in [6.07, 6.45) is 0. The maximum absolute atomic E-state index is 12.1. The molecule has 0 aliphatic carbocycles. The van der Waals surface area contributed by atoms with Gasteiger partial charge >= 0.3 is 0 Å². The molecule has 1 aliphatic heterocycles. The summed E-state index contributed by atoms with van der Waals surface area (Å²) in [6.45, 7) is -0.0731. The third-order valence-corrected chi connectivity index (χ3v) is 2.98. The lowest BCUT2D eigenvalue weighted by Crippen LogP contribution is -2.33. The summed E-state index contributed by atoms with van der Waals surface area (Å²) in [5.74, 6) is 0.00659. The number of hydrogen-bond donors (Lipinski definition) is 0. The van der Waals surface area contributed by atoms with Crippen LogP contribution in [0, 0.1) is 0 Å². The highest BCUT2D eigenvalue weighted by Gasteiger charge is 2.35. The summed E-state index contributed by atoms with van der Waals surface area (Å²) in [7, 11) is 0. The molecule has 1 heterocycles. The van der Waals surface area contributed by atoms with Crippen molar-refractivity contribution in [3.63, 3.8) is 0 Å². The number of ether oxygens (including phenoxy) is 1. The van der Waals surface area contributed by atoms with Crippen LogP contribution in [0.3, 0.4) is 0 Å². The molecular weight excluding hydrogens is 242 g/mol. The molecule has 4 nitrogen and oxygen atoms in total. The average molecular weight is 253 g/mol. The topological polar surface area (TPSA) is 46.6 Å². The Labute approximate surface area is 110 Å². The second kappa shape index (κ2) is 4.57. The minimum absolute atomic E-state index is 0.0731. The first-order valence-corrected chi connectivity index (χ1v) is 5.90. The van der Waals surface area contributed by atoms with E-state index in [1.807, 2.05) is 18.2 Å². The minimum atomic E-state index is -0.309. The second-order valence-electron chi connectivity index (χ2n) is 4.17. The highest BCUT2D eigenvalue weighted by Crippen LogP contribution is 2.22. The van der Waals surface area contributed by atoms with E-state index < -0.39 is 0 Å². The lowest BCUT2D eigenvalue weighted by Gasteiger charge is -2.14. The van der Waals surface area contributed by atoms with Crippen LogP contribution in [0.2, 0.25) is 0 Å². The monoisotopic (exact) mass is 253 g/mol. The molecule has 0 saturated heterocycles. The van der Waals surface area contributed by atoms with Gasteiger partial charge in [-0.1, -0.05) is 30.3 Å². The van der Waals surface area contributed by atoms with Crippen molar-refractivity contribution < 1.29 is 14.3 Å². The summed E-state index contributed by atoms with van der Waals surface area (Å²) in [5, 5.41) is 0. The van der Waals surface area contributed by atoms with E-state index in [-0.39, 0.29) is 18.5 Å². The molecule has 0 unspecified atom stereocenters. The quantitative estimate of drug-likeness (QED) is 0.789. The molecule has 0 fully saturated rings. The fraction of sp³-hybridized carbons (Fsp3) is 0.0667. The first-order chi connectivity index (χ1) is 9.27. The Bertz CT molecular complexity index is 602. The third kappa shape index (κ3) is 1.97. The number of carbonyl (C=O) groups excluding carboxylic acids is 2. The van der Waals surface area contributed by atoms with Gasteiger partial charge in [-0.2, -0.15) is 0 Å². The van der Waals surface area contributed by atoms with E-state index in [0.29, 0.717) is 16.9 Å². The Morgan fingerprint density at radius 2 is 1.32 bits per heavy atom. The normalized spacial score (nSPS) is 13.6. The summed E-state index contributed by atoms with van der Waals surface area (Å²) >= 11 is 0.